The fourth-order valence-electron chi connectivity index (χ4n) is 2.34. The molecule has 0 saturated carbocycles. The molecule has 1 unspecified atom stereocenters. The molecule has 23 heavy (non-hydrogen) atoms. The van der Waals surface area contributed by atoms with Crippen LogP contribution in [0, 0.1) is 25.5 Å². The zero-order valence-electron chi connectivity index (χ0n) is 13.3. The molecule has 1 amide bonds. The van der Waals surface area contributed by atoms with Crippen LogP contribution in [0.5, 0.6) is 0 Å². The summed E-state index contributed by atoms with van der Waals surface area (Å²) in [6.07, 6.45) is 0. The van der Waals surface area contributed by atoms with Gasteiger partial charge in [0, 0.05) is 12.7 Å². The minimum atomic E-state index is -1.01. The van der Waals surface area contributed by atoms with Crippen molar-refractivity contribution in [2.24, 2.45) is 7.05 Å². The Kier molecular flexibility index (Phi) is 4.58. The molecule has 1 aromatic heterocycles. The molecule has 0 aliphatic heterocycles. The van der Waals surface area contributed by atoms with Gasteiger partial charge in [-0.1, -0.05) is 6.07 Å². The number of benzene rings is 1. The number of ketones is 1. The van der Waals surface area contributed by atoms with Crippen LogP contribution < -0.4 is 5.32 Å². The Hall–Kier alpha value is -2.57. The number of amides is 1. The Morgan fingerprint density at radius 1 is 1.22 bits per heavy atom. The normalized spacial score (nSPS) is 12.1. The molecule has 0 spiro atoms. The van der Waals surface area contributed by atoms with Crippen molar-refractivity contribution >= 4 is 11.7 Å². The first-order valence-electron chi connectivity index (χ1n) is 7.02. The minimum Gasteiger partial charge on any atom is -0.343 e. The van der Waals surface area contributed by atoms with Crippen LogP contribution in [0.1, 0.15) is 40.3 Å². The number of carbonyl (C=O) groups excluding carboxylic acids is 2. The number of nitrogens with zero attached hydrogens (tertiary/aromatic N) is 2. The van der Waals surface area contributed by atoms with Gasteiger partial charge >= 0.3 is 0 Å². The van der Waals surface area contributed by atoms with E-state index in [4.69, 9.17) is 0 Å². The van der Waals surface area contributed by atoms with Gasteiger partial charge in [0.2, 0.25) is 0 Å². The molecule has 1 N–H and O–H groups in total. The number of nitrogens with one attached hydrogen (secondary N) is 1. The summed E-state index contributed by atoms with van der Waals surface area (Å²) < 4.78 is 27.7. The van der Waals surface area contributed by atoms with E-state index < -0.39 is 29.4 Å². The predicted molar refractivity (Wildman–Crippen MR) is 79.9 cm³/mol. The van der Waals surface area contributed by atoms with Crippen LogP contribution in [0.2, 0.25) is 0 Å². The first-order valence-corrected chi connectivity index (χ1v) is 7.02. The predicted octanol–water partition coefficient (Wildman–Crippen LogP) is 2.38. The number of halogens is 2. The van der Waals surface area contributed by atoms with Crippen molar-refractivity contribution in [1.82, 2.24) is 15.1 Å². The van der Waals surface area contributed by atoms with E-state index in [-0.39, 0.29) is 5.56 Å². The average Bonchev–Trinajstić information content (AvgIpc) is 2.74. The van der Waals surface area contributed by atoms with Crippen molar-refractivity contribution in [3.63, 3.8) is 0 Å². The van der Waals surface area contributed by atoms with E-state index >= 15 is 0 Å². The Morgan fingerprint density at radius 3 is 2.39 bits per heavy atom. The van der Waals surface area contributed by atoms with Crippen LogP contribution in [0.3, 0.4) is 0 Å². The van der Waals surface area contributed by atoms with Crippen LogP contribution in [0.15, 0.2) is 18.2 Å². The maximum Gasteiger partial charge on any atom is 0.293 e. The second kappa shape index (κ2) is 6.28. The van der Waals surface area contributed by atoms with E-state index in [1.165, 1.54) is 10.7 Å². The van der Waals surface area contributed by atoms with Gasteiger partial charge in [0.1, 0.15) is 0 Å². The number of hydrogen-bond acceptors (Lipinski definition) is 3. The molecular weight excluding hydrogens is 304 g/mol. The number of aryl methyl sites for hydroxylation is 2. The van der Waals surface area contributed by atoms with Crippen molar-refractivity contribution in [2.75, 3.05) is 0 Å². The van der Waals surface area contributed by atoms with E-state index in [9.17, 15) is 18.4 Å². The lowest BCUT2D eigenvalue weighted by atomic mass is 10.1. The molecular formula is C16H17F2N3O2. The molecule has 2 rings (SSSR count). The summed E-state index contributed by atoms with van der Waals surface area (Å²) in [5, 5.41) is 6.59. The van der Waals surface area contributed by atoms with Gasteiger partial charge < -0.3 is 5.32 Å². The molecule has 0 fully saturated rings. The van der Waals surface area contributed by atoms with E-state index in [0.29, 0.717) is 17.0 Å². The van der Waals surface area contributed by atoms with Gasteiger partial charge in [0.05, 0.1) is 17.3 Å². The fourth-order valence-corrected chi connectivity index (χ4v) is 2.34. The van der Waals surface area contributed by atoms with Crippen LogP contribution in [-0.2, 0) is 11.8 Å². The Labute approximate surface area is 132 Å². The molecule has 1 heterocycles. The third-order valence-corrected chi connectivity index (χ3v) is 3.73. The zero-order valence-corrected chi connectivity index (χ0v) is 13.3. The minimum absolute atomic E-state index is 0.252. The molecule has 122 valence electrons. The molecule has 1 aromatic carbocycles. The van der Waals surface area contributed by atoms with Crippen molar-refractivity contribution in [3.05, 3.63) is 52.3 Å². The zero-order chi connectivity index (χ0) is 17.3. The lowest BCUT2D eigenvalue weighted by molar-refractivity contribution is -0.117. The molecule has 7 heteroatoms. The second-order valence-corrected chi connectivity index (χ2v) is 5.37. The van der Waals surface area contributed by atoms with Gasteiger partial charge in [-0.2, -0.15) is 5.10 Å². The number of rotatable bonds is 4. The average molecular weight is 321 g/mol. The SMILES string of the molecule is Cc1nn(C)c(C)c1C(=O)C(=O)NC(C)c1ccc(F)c(F)c1. The molecule has 0 radical (unpaired) electrons. The highest BCUT2D eigenvalue weighted by molar-refractivity contribution is 6.43. The molecule has 2 aromatic rings. The first-order chi connectivity index (χ1) is 10.7. The standard InChI is InChI=1S/C16H17F2N3O2/c1-8(11-5-6-12(17)13(18)7-11)19-16(23)15(22)14-9(2)20-21(4)10(14)3/h5-8H,1-4H3,(H,19,23). The third-order valence-electron chi connectivity index (χ3n) is 3.73. The van der Waals surface area contributed by atoms with E-state index in [0.717, 1.165) is 12.1 Å². The van der Waals surface area contributed by atoms with Gasteiger partial charge in [0.15, 0.2) is 11.6 Å². The van der Waals surface area contributed by atoms with E-state index in [1.807, 2.05) is 0 Å². The van der Waals surface area contributed by atoms with Crippen LogP contribution >= 0.6 is 0 Å². The van der Waals surface area contributed by atoms with Crippen LogP contribution in [-0.4, -0.2) is 21.5 Å². The van der Waals surface area contributed by atoms with Crippen molar-refractivity contribution in [2.45, 2.75) is 26.8 Å². The van der Waals surface area contributed by atoms with Gasteiger partial charge in [-0.25, -0.2) is 8.78 Å². The van der Waals surface area contributed by atoms with Crippen molar-refractivity contribution in [1.29, 1.82) is 0 Å². The lowest BCUT2D eigenvalue weighted by Gasteiger charge is -2.14. The summed E-state index contributed by atoms with van der Waals surface area (Å²) in [6, 6.07) is 2.68. The van der Waals surface area contributed by atoms with Crippen molar-refractivity contribution in [3.8, 4) is 0 Å². The molecule has 5 nitrogen and oxygen atoms in total. The molecule has 0 bridgehead atoms. The molecule has 0 saturated heterocycles. The van der Waals surface area contributed by atoms with E-state index in [1.54, 1.807) is 27.8 Å². The molecule has 0 aliphatic rings. The molecule has 0 aliphatic carbocycles. The quantitative estimate of drug-likeness (QED) is 0.694. The Morgan fingerprint density at radius 2 is 1.87 bits per heavy atom. The Bertz CT molecular complexity index is 784. The van der Waals surface area contributed by atoms with Gasteiger partial charge in [0.25, 0.3) is 11.7 Å². The van der Waals surface area contributed by atoms with E-state index in [2.05, 4.69) is 10.4 Å². The maximum atomic E-state index is 13.2. The Balaban J connectivity index is 2.17. The lowest BCUT2D eigenvalue weighted by Crippen LogP contribution is -2.33. The smallest absolute Gasteiger partial charge is 0.293 e. The highest BCUT2D eigenvalue weighted by Gasteiger charge is 2.25. The number of hydrogen-bond donors (Lipinski definition) is 1. The summed E-state index contributed by atoms with van der Waals surface area (Å²) in [7, 11) is 1.68. The summed E-state index contributed by atoms with van der Waals surface area (Å²) in [4.78, 5) is 24.4. The second-order valence-electron chi connectivity index (χ2n) is 5.37. The number of Topliss-reactive ketones (excluding diaryl/α,β-unsaturated/α-hetero) is 1. The monoisotopic (exact) mass is 321 g/mol. The van der Waals surface area contributed by atoms with Crippen LogP contribution in [0.25, 0.3) is 0 Å². The number of aromatic nitrogens is 2. The third kappa shape index (κ3) is 3.28. The summed E-state index contributed by atoms with van der Waals surface area (Å²) in [6.45, 7) is 4.92. The maximum absolute atomic E-state index is 13.2. The topological polar surface area (TPSA) is 64.0 Å². The highest BCUT2D eigenvalue weighted by atomic mass is 19.2. The fraction of sp³-hybridized carbons (Fsp3) is 0.312. The van der Waals surface area contributed by atoms with Gasteiger partial charge in [-0.05, 0) is 38.5 Å². The summed E-state index contributed by atoms with van der Waals surface area (Å²) >= 11 is 0. The summed E-state index contributed by atoms with van der Waals surface area (Å²) in [5.74, 6) is -3.50. The molecule has 1 atom stereocenters. The van der Waals surface area contributed by atoms with Crippen LogP contribution in [0.4, 0.5) is 8.78 Å². The van der Waals surface area contributed by atoms with Crippen molar-refractivity contribution < 1.29 is 18.4 Å². The van der Waals surface area contributed by atoms with Gasteiger partial charge in [-0.3, -0.25) is 14.3 Å². The highest BCUT2D eigenvalue weighted by Crippen LogP contribution is 2.17. The number of carbonyl (C=O) groups is 2. The first kappa shape index (κ1) is 16.8. The largest absolute Gasteiger partial charge is 0.343 e. The van der Waals surface area contributed by atoms with Gasteiger partial charge in [-0.15, -0.1) is 0 Å². The summed E-state index contributed by atoms with van der Waals surface area (Å²) in [5.41, 5.74) is 1.67.